The Hall–Kier alpha value is 0.350. The van der Waals surface area contributed by atoms with Crippen molar-refractivity contribution in [2.75, 3.05) is 6.26 Å². The Morgan fingerprint density at radius 3 is 1.57 bits per heavy atom. The second-order valence-corrected chi connectivity index (χ2v) is 7.63. The maximum Gasteiger partial charge on any atom is 0.00955 e. The first kappa shape index (κ1) is 14.3. The predicted octanol–water partition coefficient (Wildman–Crippen LogP) is 4.84. The zero-order valence-corrected chi connectivity index (χ0v) is 12.1. The van der Waals surface area contributed by atoms with Gasteiger partial charge in [0, 0.05) is 5.25 Å². The van der Waals surface area contributed by atoms with Crippen molar-refractivity contribution >= 4 is 11.8 Å². The van der Waals surface area contributed by atoms with Gasteiger partial charge in [0.1, 0.15) is 0 Å². The molecule has 0 aromatic rings. The van der Waals surface area contributed by atoms with Crippen molar-refractivity contribution in [3.8, 4) is 0 Å². The molecular formula is C13H28S. The maximum absolute atomic E-state index is 2.38. The molecule has 0 aliphatic heterocycles. The lowest BCUT2D eigenvalue weighted by molar-refractivity contribution is 0.219. The third-order valence-electron chi connectivity index (χ3n) is 3.30. The minimum atomic E-state index is 0.429. The molecular weight excluding hydrogens is 188 g/mol. The van der Waals surface area contributed by atoms with Crippen LogP contribution in [0.2, 0.25) is 0 Å². The van der Waals surface area contributed by atoms with Crippen LogP contribution in [-0.4, -0.2) is 11.5 Å². The van der Waals surface area contributed by atoms with Crippen LogP contribution in [-0.2, 0) is 0 Å². The van der Waals surface area contributed by atoms with Gasteiger partial charge in [0.05, 0.1) is 0 Å². The number of hydrogen-bond donors (Lipinski definition) is 0. The summed E-state index contributed by atoms with van der Waals surface area (Å²) in [7, 11) is 0. The highest BCUT2D eigenvalue weighted by Gasteiger charge is 2.29. The van der Waals surface area contributed by atoms with Crippen molar-refractivity contribution in [3.05, 3.63) is 0 Å². The molecule has 0 amide bonds. The van der Waals surface area contributed by atoms with Gasteiger partial charge in [0.15, 0.2) is 0 Å². The van der Waals surface area contributed by atoms with Gasteiger partial charge in [-0.1, -0.05) is 48.5 Å². The molecule has 14 heavy (non-hydrogen) atoms. The monoisotopic (exact) mass is 216 g/mol. The van der Waals surface area contributed by atoms with E-state index in [9.17, 15) is 0 Å². The van der Waals surface area contributed by atoms with Crippen molar-refractivity contribution in [1.82, 2.24) is 0 Å². The fraction of sp³-hybridized carbons (Fsp3) is 1.00. The molecule has 2 atom stereocenters. The lowest BCUT2D eigenvalue weighted by atomic mass is 9.76. The van der Waals surface area contributed by atoms with Crippen molar-refractivity contribution < 1.29 is 0 Å². The summed E-state index contributed by atoms with van der Waals surface area (Å²) in [5.74, 6) is 0.791. The van der Waals surface area contributed by atoms with Gasteiger partial charge in [0.2, 0.25) is 0 Å². The molecule has 0 rings (SSSR count). The minimum Gasteiger partial charge on any atom is -0.161 e. The summed E-state index contributed by atoms with van der Waals surface area (Å²) in [6.07, 6.45) is 3.57. The van der Waals surface area contributed by atoms with E-state index in [0.717, 1.165) is 11.2 Å². The zero-order chi connectivity index (χ0) is 11.6. The molecule has 0 fully saturated rings. The largest absolute Gasteiger partial charge is 0.161 e. The van der Waals surface area contributed by atoms with Crippen molar-refractivity contribution in [2.45, 2.75) is 60.1 Å². The van der Waals surface area contributed by atoms with E-state index in [1.165, 1.54) is 6.42 Å². The first-order valence-electron chi connectivity index (χ1n) is 5.62. The lowest BCUT2D eigenvalue weighted by Crippen LogP contribution is -2.29. The summed E-state index contributed by atoms with van der Waals surface area (Å²) in [6, 6.07) is 0. The van der Waals surface area contributed by atoms with E-state index in [4.69, 9.17) is 0 Å². The van der Waals surface area contributed by atoms with E-state index in [-0.39, 0.29) is 0 Å². The van der Waals surface area contributed by atoms with Crippen LogP contribution < -0.4 is 0 Å². The van der Waals surface area contributed by atoms with E-state index in [2.05, 4.69) is 54.7 Å². The molecule has 0 bridgehead atoms. The first-order chi connectivity index (χ1) is 6.09. The van der Waals surface area contributed by atoms with Gasteiger partial charge >= 0.3 is 0 Å². The Kier molecular flexibility index (Phi) is 5.04. The maximum atomic E-state index is 2.38. The van der Waals surface area contributed by atoms with E-state index >= 15 is 0 Å². The molecule has 0 aliphatic rings. The summed E-state index contributed by atoms with van der Waals surface area (Å²) in [4.78, 5) is 0. The molecule has 0 saturated carbocycles. The molecule has 0 nitrogen and oxygen atoms in total. The number of thioether (sulfide) groups is 1. The number of hydrogen-bond acceptors (Lipinski definition) is 1. The second kappa shape index (κ2) is 4.92. The van der Waals surface area contributed by atoms with E-state index < -0.39 is 0 Å². The van der Waals surface area contributed by atoms with Gasteiger partial charge < -0.3 is 0 Å². The third kappa shape index (κ3) is 4.72. The van der Waals surface area contributed by atoms with Crippen LogP contribution in [0.25, 0.3) is 0 Å². The molecule has 1 heteroatoms. The average molecular weight is 216 g/mol. The van der Waals surface area contributed by atoms with Crippen LogP contribution >= 0.6 is 11.8 Å². The van der Waals surface area contributed by atoms with Crippen molar-refractivity contribution in [3.63, 3.8) is 0 Å². The highest BCUT2D eigenvalue weighted by atomic mass is 32.2. The molecule has 2 unspecified atom stereocenters. The second-order valence-electron chi connectivity index (χ2n) is 6.59. The fourth-order valence-electron chi connectivity index (χ4n) is 1.48. The van der Waals surface area contributed by atoms with Crippen LogP contribution in [0.15, 0.2) is 0 Å². The third-order valence-corrected chi connectivity index (χ3v) is 4.77. The van der Waals surface area contributed by atoms with Crippen molar-refractivity contribution in [2.24, 2.45) is 16.7 Å². The topological polar surface area (TPSA) is 0 Å². The summed E-state index contributed by atoms with van der Waals surface area (Å²) < 4.78 is 0. The van der Waals surface area contributed by atoms with Crippen LogP contribution in [0.5, 0.6) is 0 Å². The average Bonchev–Trinajstić information content (AvgIpc) is 1.95. The lowest BCUT2D eigenvalue weighted by Gasteiger charge is -2.36. The molecule has 0 spiro atoms. The molecule has 0 N–H and O–H groups in total. The molecule has 0 aromatic heterocycles. The minimum absolute atomic E-state index is 0.429. The van der Waals surface area contributed by atoms with Crippen LogP contribution in [0.1, 0.15) is 54.9 Å². The van der Waals surface area contributed by atoms with Crippen molar-refractivity contribution in [1.29, 1.82) is 0 Å². The smallest absolute Gasteiger partial charge is 0.00955 e. The van der Waals surface area contributed by atoms with Gasteiger partial charge in [-0.05, 0) is 29.4 Å². The van der Waals surface area contributed by atoms with Crippen LogP contribution in [0, 0.1) is 16.7 Å². The Balaban J connectivity index is 4.34. The Morgan fingerprint density at radius 1 is 0.929 bits per heavy atom. The standard InChI is InChI=1S/C13H28S/c1-10(12(2,3)4)9-11(14-8)13(5,6)7/h10-11H,9H2,1-8H3. The molecule has 86 valence electrons. The van der Waals surface area contributed by atoms with Gasteiger partial charge in [-0.2, -0.15) is 11.8 Å². The normalized spacial score (nSPS) is 18.0. The molecule has 0 heterocycles. The highest BCUT2D eigenvalue weighted by Crippen LogP contribution is 2.38. The molecule has 0 aromatic carbocycles. The Bertz CT molecular complexity index is 159. The number of rotatable bonds is 3. The summed E-state index contributed by atoms with van der Waals surface area (Å²) >= 11 is 2.02. The van der Waals surface area contributed by atoms with Gasteiger partial charge in [-0.15, -0.1) is 0 Å². The van der Waals surface area contributed by atoms with E-state index in [0.29, 0.717) is 10.8 Å². The molecule has 0 aliphatic carbocycles. The SMILES string of the molecule is CSC(CC(C)C(C)(C)C)C(C)(C)C. The Labute approximate surface area is 95.2 Å². The van der Waals surface area contributed by atoms with Crippen LogP contribution in [0.3, 0.4) is 0 Å². The highest BCUT2D eigenvalue weighted by molar-refractivity contribution is 7.99. The first-order valence-corrected chi connectivity index (χ1v) is 6.90. The predicted molar refractivity (Wildman–Crippen MR) is 70.0 cm³/mol. The van der Waals surface area contributed by atoms with E-state index in [1.54, 1.807) is 0 Å². The summed E-state index contributed by atoms with van der Waals surface area (Å²) in [5.41, 5.74) is 0.873. The summed E-state index contributed by atoms with van der Waals surface area (Å²) in [6.45, 7) is 16.5. The van der Waals surface area contributed by atoms with Crippen LogP contribution in [0.4, 0.5) is 0 Å². The fourth-order valence-corrected chi connectivity index (χ4v) is 2.67. The summed E-state index contributed by atoms with van der Waals surface area (Å²) in [5, 5.41) is 0.775. The Morgan fingerprint density at radius 2 is 1.36 bits per heavy atom. The quantitative estimate of drug-likeness (QED) is 0.651. The zero-order valence-electron chi connectivity index (χ0n) is 11.3. The van der Waals surface area contributed by atoms with Gasteiger partial charge in [-0.3, -0.25) is 0 Å². The van der Waals surface area contributed by atoms with Gasteiger partial charge in [0.25, 0.3) is 0 Å². The van der Waals surface area contributed by atoms with E-state index in [1.807, 2.05) is 11.8 Å². The molecule has 0 saturated heterocycles. The molecule has 0 radical (unpaired) electrons. The van der Waals surface area contributed by atoms with Gasteiger partial charge in [-0.25, -0.2) is 0 Å².